The third-order valence-electron chi connectivity index (χ3n) is 1.75. The van der Waals surface area contributed by atoms with E-state index < -0.39 is 0 Å². The van der Waals surface area contributed by atoms with E-state index in [4.69, 9.17) is 4.74 Å². The van der Waals surface area contributed by atoms with Crippen LogP contribution in [0.25, 0.3) is 0 Å². The lowest BCUT2D eigenvalue weighted by Crippen LogP contribution is -2.06. The van der Waals surface area contributed by atoms with Crippen molar-refractivity contribution >= 4 is 12.3 Å². The highest BCUT2D eigenvalue weighted by Gasteiger charge is 2.09. The van der Waals surface area contributed by atoms with Crippen LogP contribution in [0.3, 0.4) is 0 Å². The van der Waals surface area contributed by atoms with Gasteiger partial charge in [-0.15, -0.1) is 0 Å². The van der Waals surface area contributed by atoms with Gasteiger partial charge < -0.3 is 4.74 Å². The van der Waals surface area contributed by atoms with Crippen molar-refractivity contribution in [2.75, 3.05) is 6.61 Å². The molecule has 0 aliphatic carbocycles. The summed E-state index contributed by atoms with van der Waals surface area (Å²) in [6.45, 7) is 13.1. The smallest absolute Gasteiger partial charge is 0.310 e. The second-order valence-corrected chi connectivity index (χ2v) is 2.88. The Labute approximate surface area is 110 Å². The summed E-state index contributed by atoms with van der Waals surface area (Å²) in [5.41, 5.74) is 0.978. The summed E-state index contributed by atoms with van der Waals surface area (Å²) in [5.74, 6) is -0.368. The number of allylic oxidation sites excluding steroid dienone is 5. The number of hydrogen-bond acceptors (Lipinski definition) is 3. The Bertz CT molecular complexity index is 336. The first-order valence-corrected chi connectivity index (χ1v) is 5.95. The van der Waals surface area contributed by atoms with Crippen LogP contribution in [0.1, 0.15) is 27.2 Å². The van der Waals surface area contributed by atoms with Gasteiger partial charge in [-0.05, 0) is 12.5 Å². The van der Waals surface area contributed by atoms with Crippen molar-refractivity contribution in [3.05, 3.63) is 48.6 Å². The Morgan fingerprint density at radius 2 is 1.72 bits per heavy atom. The average Bonchev–Trinajstić information content (AvgIpc) is 2.38. The van der Waals surface area contributed by atoms with Crippen LogP contribution in [-0.2, 0) is 14.3 Å². The van der Waals surface area contributed by atoms with E-state index in [1.807, 2.05) is 13.8 Å². The molecule has 18 heavy (non-hydrogen) atoms. The molecule has 0 rings (SSSR count). The van der Waals surface area contributed by atoms with Crippen molar-refractivity contribution in [3.63, 3.8) is 0 Å². The second-order valence-electron chi connectivity index (χ2n) is 2.88. The standard InChI is InChI=1S/C13H16O3.C2H6/c1-4-7-11(9-13(15)16-6-3)12(10-14)8-5-2;1-2/h4-5,7-8,10H,1-2,6,9H2,3H3;1-2H3/b11-7-,12-8-;. The van der Waals surface area contributed by atoms with Crippen LogP contribution in [0.2, 0.25) is 0 Å². The Kier molecular flexibility index (Phi) is 13.5. The van der Waals surface area contributed by atoms with E-state index in [1.165, 1.54) is 12.2 Å². The molecule has 0 aromatic heterocycles. The minimum atomic E-state index is -0.368. The van der Waals surface area contributed by atoms with E-state index in [0.717, 1.165) is 0 Å². The van der Waals surface area contributed by atoms with Crippen LogP contribution < -0.4 is 0 Å². The molecule has 0 fully saturated rings. The lowest BCUT2D eigenvalue weighted by atomic mass is 10.0. The number of esters is 1. The summed E-state index contributed by atoms with van der Waals surface area (Å²) in [6, 6.07) is 0. The first kappa shape index (κ1) is 18.5. The van der Waals surface area contributed by atoms with Crippen molar-refractivity contribution in [1.82, 2.24) is 0 Å². The Hall–Kier alpha value is -1.90. The molecular formula is C15H22O3. The molecular weight excluding hydrogens is 228 g/mol. The number of rotatable bonds is 7. The molecule has 0 aliphatic heterocycles. The molecule has 0 aliphatic rings. The maximum atomic E-state index is 11.3. The van der Waals surface area contributed by atoms with Gasteiger partial charge in [0.2, 0.25) is 0 Å². The van der Waals surface area contributed by atoms with Crippen molar-refractivity contribution in [2.45, 2.75) is 27.2 Å². The van der Waals surface area contributed by atoms with Gasteiger partial charge in [-0.2, -0.15) is 0 Å². The lowest BCUT2D eigenvalue weighted by molar-refractivity contribution is -0.142. The van der Waals surface area contributed by atoms with Crippen molar-refractivity contribution in [3.8, 4) is 0 Å². The third kappa shape index (κ3) is 8.28. The van der Waals surface area contributed by atoms with Crippen LogP contribution in [0.4, 0.5) is 0 Å². The van der Waals surface area contributed by atoms with Gasteiger partial charge in [0.05, 0.1) is 13.0 Å². The highest BCUT2D eigenvalue weighted by molar-refractivity contribution is 5.85. The maximum Gasteiger partial charge on any atom is 0.310 e. The molecule has 0 atom stereocenters. The number of carbonyl (C=O) groups is 2. The summed E-state index contributed by atoms with van der Waals surface area (Å²) in [4.78, 5) is 22.1. The van der Waals surface area contributed by atoms with Crippen molar-refractivity contribution in [2.24, 2.45) is 0 Å². The van der Waals surface area contributed by atoms with E-state index in [9.17, 15) is 9.59 Å². The number of ether oxygens (including phenoxy) is 1. The van der Waals surface area contributed by atoms with Gasteiger partial charge in [0.25, 0.3) is 0 Å². The normalized spacial score (nSPS) is 10.8. The molecule has 100 valence electrons. The van der Waals surface area contributed by atoms with Gasteiger partial charge in [-0.25, -0.2) is 0 Å². The van der Waals surface area contributed by atoms with E-state index in [1.54, 1.807) is 19.1 Å². The molecule has 0 aromatic rings. The maximum absolute atomic E-state index is 11.3. The number of aldehydes is 1. The zero-order valence-electron chi connectivity index (χ0n) is 11.4. The molecule has 0 heterocycles. The molecule has 3 nitrogen and oxygen atoms in total. The molecule has 0 radical (unpaired) electrons. The zero-order chi connectivity index (χ0) is 14.4. The van der Waals surface area contributed by atoms with Crippen LogP contribution >= 0.6 is 0 Å². The summed E-state index contributed by atoms with van der Waals surface area (Å²) in [6.07, 6.45) is 6.90. The Balaban J connectivity index is 0. The largest absolute Gasteiger partial charge is 0.466 e. The summed E-state index contributed by atoms with van der Waals surface area (Å²) in [7, 11) is 0. The SMILES string of the molecule is C=C/C=C(CC(=O)OCC)\C(C=O)=C/C=C.CC. The van der Waals surface area contributed by atoms with Gasteiger partial charge in [-0.3, -0.25) is 9.59 Å². The second kappa shape index (κ2) is 13.2. The molecule has 0 unspecified atom stereocenters. The average molecular weight is 250 g/mol. The quantitative estimate of drug-likeness (QED) is 0.301. The summed E-state index contributed by atoms with van der Waals surface area (Å²) < 4.78 is 4.81. The van der Waals surface area contributed by atoms with Crippen LogP contribution in [0, 0.1) is 0 Å². The fraction of sp³-hybridized carbons (Fsp3) is 0.333. The molecule has 0 bridgehead atoms. The molecule has 0 aromatic carbocycles. The van der Waals surface area contributed by atoms with Crippen molar-refractivity contribution < 1.29 is 14.3 Å². The predicted molar refractivity (Wildman–Crippen MR) is 75.2 cm³/mol. The van der Waals surface area contributed by atoms with E-state index in [-0.39, 0.29) is 12.4 Å². The summed E-state index contributed by atoms with van der Waals surface area (Å²) >= 11 is 0. The minimum Gasteiger partial charge on any atom is -0.466 e. The summed E-state index contributed by atoms with van der Waals surface area (Å²) in [5, 5.41) is 0. The van der Waals surface area contributed by atoms with Crippen LogP contribution in [0.5, 0.6) is 0 Å². The topological polar surface area (TPSA) is 43.4 Å². The molecule has 0 N–H and O–H groups in total. The third-order valence-corrected chi connectivity index (χ3v) is 1.75. The lowest BCUT2D eigenvalue weighted by Gasteiger charge is -2.05. The number of carbonyl (C=O) groups excluding carboxylic acids is 2. The highest BCUT2D eigenvalue weighted by atomic mass is 16.5. The fourth-order valence-corrected chi connectivity index (χ4v) is 1.12. The van der Waals surface area contributed by atoms with Crippen LogP contribution in [0.15, 0.2) is 48.6 Å². The molecule has 3 heteroatoms. The molecule has 0 saturated carbocycles. The van der Waals surface area contributed by atoms with E-state index >= 15 is 0 Å². The van der Waals surface area contributed by atoms with E-state index in [0.29, 0.717) is 24.0 Å². The minimum absolute atomic E-state index is 0.0538. The van der Waals surface area contributed by atoms with Crippen LogP contribution in [-0.4, -0.2) is 18.9 Å². The molecule has 0 spiro atoms. The number of hydrogen-bond donors (Lipinski definition) is 0. The first-order valence-electron chi connectivity index (χ1n) is 5.95. The van der Waals surface area contributed by atoms with Gasteiger partial charge in [0, 0.05) is 5.57 Å². The predicted octanol–water partition coefficient (Wildman–Crippen LogP) is 3.39. The zero-order valence-corrected chi connectivity index (χ0v) is 11.4. The molecule has 0 saturated heterocycles. The van der Waals surface area contributed by atoms with Gasteiger partial charge in [0.15, 0.2) is 0 Å². The van der Waals surface area contributed by atoms with Gasteiger partial charge in [-0.1, -0.05) is 51.3 Å². The highest BCUT2D eigenvalue weighted by Crippen LogP contribution is 2.13. The van der Waals surface area contributed by atoms with E-state index in [2.05, 4.69) is 13.2 Å². The van der Waals surface area contributed by atoms with Crippen molar-refractivity contribution in [1.29, 1.82) is 0 Å². The monoisotopic (exact) mass is 250 g/mol. The Morgan fingerprint density at radius 3 is 2.11 bits per heavy atom. The fourth-order valence-electron chi connectivity index (χ4n) is 1.12. The Morgan fingerprint density at radius 1 is 1.17 bits per heavy atom. The molecule has 0 amide bonds. The van der Waals surface area contributed by atoms with Gasteiger partial charge >= 0.3 is 5.97 Å². The van der Waals surface area contributed by atoms with Gasteiger partial charge in [0.1, 0.15) is 6.29 Å². The first-order chi connectivity index (χ1) is 8.69.